The molecule has 0 aliphatic carbocycles. The van der Waals surface area contributed by atoms with Gasteiger partial charge in [-0.1, -0.05) is 17.3 Å². The van der Waals surface area contributed by atoms with E-state index in [9.17, 15) is 13.6 Å². The van der Waals surface area contributed by atoms with Gasteiger partial charge >= 0.3 is 0 Å². The average molecular weight is 356 g/mol. The number of pyridine rings is 1. The molecule has 1 aliphatic rings. The van der Waals surface area contributed by atoms with Crippen LogP contribution in [0, 0.1) is 11.6 Å². The number of benzene rings is 1. The fraction of sp³-hybridized carbons (Fsp3) is 0.222. The molecular weight excluding hydrogens is 342 g/mol. The molecule has 0 unspecified atom stereocenters. The molecule has 26 heavy (non-hydrogen) atoms. The highest BCUT2D eigenvalue weighted by Gasteiger charge is 2.34. The first-order valence-electron chi connectivity index (χ1n) is 8.07. The van der Waals surface area contributed by atoms with Crippen molar-refractivity contribution in [3.05, 3.63) is 65.7 Å². The van der Waals surface area contributed by atoms with Crippen LogP contribution in [0.5, 0.6) is 0 Å². The number of likely N-dealkylation sites (tertiary alicyclic amines) is 1. The van der Waals surface area contributed by atoms with Gasteiger partial charge in [0.1, 0.15) is 17.3 Å². The minimum Gasteiger partial charge on any atom is -0.339 e. The molecule has 0 saturated carbocycles. The van der Waals surface area contributed by atoms with Crippen LogP contribution >= 0.6 is 0 Å². The highest BCUT2D eigenvalue weighted by atomic mass is 19.1. The van der Waals surface area contributed by atoms with Crippen LogP contribution in [0.3, 0.4) is 0 Å². The van der Waals surface area contributed by atoms with Gasteiger partial charge in [0.2, 0.25) is 17.6 Å². The Balaban J connectivity index is 1.49. The first kappa shape index (κ1) is 16.3. The van der Waals surface area contributed by atoms with Crippen LogP contribution < -0.4 is 0 Å². The molecule has 1 aliphatic heterocycles. The van der Waals surface area contributed by atoms with Crippen LogP contribution in [0.1, 0.15) is 23.8 Å². The Morgan fingerprint density at radius 3 is 2.88 bits per heavy atom. The molecule has 0 spiro atoms. The fourth-order valence-electron chi connectivity index (χ4n) is 2.95. The lowest BCUT2D eigenvalue weighted by molar-refractivity contribution is -0.128. The molecule has 8 heteroatoms. The van der Waals surface area contributed by atoms with E-state index >= 15 is 0 Å². The first-order chi connectivity index (χ1) is 12.6. The summed E-state index contributed by atoms with van der Waals surface area (Å²) in [4.78, 5) is 22.2. The lowest BCUT2D eigenvalue weighted by Gasteiger charge is -2.16. The van der Waals surface area contributed by atoms with Crippen molar-refractivity contribution in [1.29, 1.82) is 0 Å². The number of aromatic nitrogens is 3. The Hall–Kier alpha value is -3.16. The zero-order valence-electron chi connectivity index (χ0n) is 13.6. The highest BCUT2D eigenvalue weighted by molar-refractivity contribution is 5.79. The highest BCUT2D eigenvalue weighted by Crippen LogP contribution is 2.29. The van der Waals surface area contributed by atoms with E-state index in [-0.39, 0.29) is 30.4 Å². The van der Waals surface area contributed by atoms with Crippen LogP contribution in [0.25, 0.3) is 11.5 Å². The number of halogens is 2. The fourth-order valence-corrected chi connectivity index (χ4v) is 2.95. The number of carbonyl (C=O) groups excluding carboxylic acids is 1. The van der Waals surface area contributed by atoms with Crippen molar-refractivity contribution in [1.82, 2.24) is 20.0 Å². The van der Waals surface area contributed by atoms with Gasteiger partial charge in [-0.2, -0.15) is 4.98 Å². The van der Waals surface area contributed by atoms with Crippen molar-refractivity contribution in [3.63, 3.8) is 0 Å². The van der Waals surface area contributed by atoms with Crippen LogP contribution in [0.15, 0.2) is 47.1 Å². The largest absolute Gasteiger partial charge is 0.339 e. The van der Waals surface area contributed by atoms with Crippen LogP contribution in [0.2, 0.25) is 0 Å². The third-order valence-electron chi connectivity index (χ3n) is 4.28. The third-order valence-corrected chi connectivity index (χ3v) is 4.28. The van der Waals surface area contributed by atoms with Crippen molar-refractivity contribution in [3.8, 4) is 11.5 Å². The third kappa shape index (κ3) is 3.17. The van der Waals surface area contributed by atoms with E-state index in [0.29, 0.717) is 24.0 Å². The molecule has 1 amide bonds. The monoisotopic (exact) mass is 356 g/mol. The summed E-state index contributed by atoms with van der Waals surface area (Å²) in [5.74, 6) is -1.02. The van der Waals surface area contributed by atoms with Crippen LogP contribution in [-0.4, -0.2) is 32.5 Å². The topological polar surface area (TPSA) is 72.1 Å². The lowest BCUT2D eigenvalue weighted by Crippen LogP contribution is -2.25. The maximum atomic E-state index is 13.8. The van der Waals surface area contributed by atoms with Gasteiger partial charge in [0.25, 0.3) is 0 Å². The molecule has 1 atom stereocenters. The van der Waals surface area contributed by atoms with Crippen LogP contribution in [-0.2, 0) is 11.3 Å². The maximum Gasteiger partial charge on any atom is 0.232 e. The van der Waals surface area contributed by atoms with E-state index in [1.54, 1.807) is 18.3 Å². The maximum absolute atomic E-state index is 13.8. The van der Waals surface area contributed by atoms with E-state index in [1.807, 2.05) is 6.07 Å². The molecule has 0 bridgehead atoms. The zero-order chi connectivity index (χ0) is 18.1. The Morgan fingerprint density at radius 2 is 2.12 bits per heavy atom. The minimum absolute atomic E-state index is 0.0721. The molecule has 0 N–H and O–H groups in total. The second-order valence-corrected chi connectivity index (χ2v) is 6.08. The Kier molecular flexibility index (Phi) is 4.16. The molecule has 0 radical (unpaired) electrons. The summed E-state index contributed by atoms with van der Waals surface area (Å²) < 4.78 is 32.1. The van der Waals surface area contributed by atoms with Gasteiger partial charge in [-0.05, 0) is 18.2 Å². The summed E-state index contributed by atoms with van der Waals surface area (Å²) in [6.07, 6.45) is 1.83. The van der Waals surface area contributed by atoms with Gasteiger partial charge in [0.15, 0.2) is 0 Å². The summed E-state index contributed by atoms with van der Waals surface area (Å²) in [6, 6.07) is 8.69. The van der Waals surface area contributed by atoms with Crippen molar-refractivity contribution in [2.75, 3.05) is 6.54 Å². The summed E-state index contributed by atoms with van der Waals surface area (Å²) >= 11 is 0. The predicted molar refractivity (Wildman–Crippen MR) is 86.7 cm³/mol. The Bertz CT molecular complexity index is 945. The minimum atomic E-state index is -0.670. The van der Waals surface area contributed by atoms with E-state index in [1.165, 1.54) is 17.0 Å². The quantitative estimate of drug-likeness (QED) is 0.719. The lowest BCUT2D eigenvalue weighted by atomic mass is 10.1. The number of nitrogens with zero attached hydrogens (tertiary/aromatic N) is 4. The zero-order valence-corrected chi connectivity index (χ0v) is 13.6. The van der Waals surface area contributed by atoms with E-state index in [0.717, 1.165) is 6.07 Å². The number of carbonyl (C=O) groups is 1. The van der Waals surface area contributed by atoms with E-state index < -0.39 is 11.6 Å². The molecule has 6 nitrogen and oxygen atoms in total. The molecule has 1 aromatic carbocycles. The molecular formula is C18H14F2N4O2. The molecule has 2 aromatic heterocycles. The second-order valence-electron chi connectivity index (χ2n) is 6.08. The number of hydrogen-bond acceptors (Lipinski definition) is 5. The second kappa shape index (κ2) is 6.62. The number of hydrogen-bond donors (Lipinski definition) is 0. The van der Waals surface area contributed by atoms with Crippen molar-refractivity contribution >= 4 is 5.91 Å². The first-order valence-corrected chi connectivity index (χ1v) is 8.07. The summed E-state index contributed by atoms with van der Waals surface area (Å²) in [5, 5.41) is 3.91. The predicted octanol–water partition coefficient (Wildman–Crippen LogP) is 2.93. The normalized spacial score (nSPS) is 17.1. The van der Waals surface area contributed by atoms with Crippen molar-refractivity contribution in [2.24, 2.45) is 0 Å². The SMILES string of the molecule is O=C1C[C@H](c2nc(-c3ccccn3)no2)CN1Cc1ccc(F)cc1F. The smallest absolute Gasteiger partial charge is 0.232 e. The van der Waals surface area contributed by atoms with Gasteiger partial charge < -0.3 is 9.42 Å². The van der Waals surface area contributed by atoms with Crippen molar-refractivity contribution < 1.29 is 18.1 Å². The number of rotatable bonds is 4. The van der Waals surface area contributed by atoms with Gasteiger partial charge in [-0.25, -0.2) is 8.78 Å². The van der Waals surface area contributed by atoms with E-state index in [4.69, 9.17) is 4.52 Å². The molecule has 4 rings (SSSR count). The van der Waals surface area contributed by atoms with Gasteiger partial charge in [-0.3, -0.25) is 9.78 Å². The van der Waals surface area contributed by atoms with Crippen LogP contribution in [0.4, 0.5) is 8.78 Å². The summed E-state index contributed by atoms with van der Waals surface area (Å²) in [7, 11) is 0. The molecule has 1 fully saturated rings. The van der Waals surface area contributed by atoms with Gasteiger partial charge in [0.05, 0.1) is 5.92 Å². The van der Waals surface area contributed by atoms with E-state index in [2.05, 4.69) is 15.1 Å². The summed E-state index contributed by atoms with van der Waals surface area (Å²) in [6.45, 7) is 0.405. The standard InChI is InChI=1S/C18H14F2N4O2/c19-13-5-4-11(14(20)8-13)9-24-10-12(7-16(24)25)18-22-17(23-26-18)15-3-1-2-6-21-15/h1-6,8,12H,7,9-10H2/t12-/m0/s1. The summed E-state index contributed by atoms with van der Waals surface area (Å²) in [5.41, 5.74) is 0.845. The Morgan fingerprint density at radius 1 is 1.23 bits per heavy atom. The molecule has 132 valence electrons. The average Bonchev–Trinajstić information content (AvgIpc) is 3.25. The molecule has 3 heterocycles. The molecule has 1 saturated heterocycles. The van der Waals surface area contributed by atoms with Gasteiger partial charge in [0, 0.05) is 37.3 Å². The Labute approximate surface area is 147 Å². The van der Waals surface area contributed by atoms with Gasteiger partial charge in [-0.15, -0.1) is 0 Å². The number of amides is 1. The molecule has 3 aromatic rings. The van der Waals surface area contributed by atoms with Crippen molar-refractivity contribution in [2.45, 2.75) is 18.9 Å².